The highest BCUT2D eigenvalue weighted by atomic mass is 35.5. The summed E-state index contributed by atoms with van der Waals surface area (Å²) in [6.45, 7) is 3.11. The minimum Gasteiger partial charge on any atom is -0.492 e. The first-order chi connectivity index (χ1) is 9.70. The molecule has 1 amide bonds. The zero-order valence-electron chi connectivity index (χ0n) is 12.6. The molecule has 4 nitrogen and oxygen atoms in total. The van der Waals surface area contributed by atoms with Gasteiger partial charge in [-0.1, -0.05) is 19.8 Å². The maximum Gasteiger partial charge on any atom is 0.230 e. The van der Waals surface area contributed by atoms with E-state index in [9.17, 15) is 4.79 Å². The van der Waals surface area contributed by atoms with Gasteiger partial charge in [0.25, 0.3) is 0 Å². The smallest absolute Gasteiger partial charge is 0.230 e. The Labute approximate surface area is 132 Å². The van der Waals surface area contributed by atoms with E-state index in [1.165, 1.54) is 0 Å². The van der Waals surface area contributed by atoms with Crippen LogP contribution in [-0.4, -0.2) is 19.1 Å². The van der Waals surface area contributed by atoms with Gasteiger partial charge in [0.1, 0.15) is 12.4 Å². The Morgan fingerprint density at radius 2 is 1.90 bits per heavy atom. The summed E-state index contributed by atoms with van der Waals surface area (Å²) in [5.41, 5.74) is 6.06. The molecule has 1 saturated carbocycles. The summed E-state index contributed by atoms with van der Waals surface area (Å²) in [7, 11) is 0. The molecule has 2 rings (SSSR count). The first kappa shape index (κ1) is 17.8. The molecule has 0 bridgehead atoms. The second kappa shape index (κ2) is 8.25. The average molecular weight is 313 g/mol. The summed E-state index contributed by atoms with van der Waals surface area (Å²) in [5.74, 6) is 0.938. The predicted molar refractivity (Wildman–Crippen MR) is 88.1 cm³/mol. The lowest BCUT2D eigenvalue weighted by Gasteiger charge is -2.26. The number of nitrogens with one attached hydrogen (secondary N) is 1. The summed E-state index contributed by atoms with van der Waals surface area (Å²) < 4.78 is 5.42. The van der Waals surface area contributed by atoms with Crippen molar-refractivity contribution >= 4 is 24.0 Å². The molecule has 0 spiro atoms. The van der Waals surface area contributed by atoms with Crippen LogP contribution < -0.4 is 15.8 Å². The summed E-state index contributed by atoms with van der Waals surface area (Å²) in [6.07, 6.45) is 5.25. The van der Waals surface area contributed by atoms with Crippen LogP contribution in [-0.2, 0) is 4.79 Å². The zero-order chi connectivity index (χ0) is 14.4. The molecule has 0 saturated heterocycles. The molecule has 0 aliphatic heterocycles. The van der Waals surface area contributed by atoms with Crippen molar-refractivity contribution in [3.05, 3.63) is 24.3 Å². The SMILES string of the molecule is CCC1(C(=O)Nc2ccc(OCCN)cc2)CCCC1.Cl. The van der Waals surface area contributed by atoms with Crippen LogP contribution in [0.25, 0.3) is 0 Å². The third-order valence-electron chi connectivity index (χ3n) is 4.22. The molecular formula is C16H25ClN2O2. The minimum absolute atomic E-state index is 0. The second-order valence-electron chi connectivity index (χ2n) is 5.46. The number of rotatable bonds is 6. The normalized spacial score (nSPS) is 16.1. The van der Waals surface area contributed by atoms with Crippen LogP contribution >= 0.6 is 12.4 Å². The van der Waals surface area contributed by atoms with Crippen molar-refractivity contribution in [1.82, 2.24) is 0 Å². The fraction of sp³-hybridized carbons (Fsp3) is 0.562. The van der Waals surface area contributed by atoms with E-state index in [0.717, 1.165) is 43.5 Å². The van der Waals surface area contributed by atoms with Crippen LogP contribution in [0.1, 0.15) is 39.0 Å². The van der Waals surface area contributed by atoms with Crippen LogP contribution in [0.3, 0.4) is 0 Å². The van der Waals surface area contributed by atoms with Gasteiger partial charge in [0.15, 0.2) is 0 Å². The molecule has 21 heavy (non-hydrogen) atoms. The molecule has 1 aliphatic carbocycles. The Balaban J connectivity index is 0.00000220. The van der Waals surface area contributed by atoms with Gasteiger partial charge in [0.2, 0.25) is 5.91 Å². The zero-order valence-corrected chi connectivity index (χ0v) is 13.4. The summed E-state index contributed by atoms with van der Waals surface area (Å²) in [4.78, 5) is 12.5. The number of carbonyl (C=O) groups is 1. The molecule has 1 aliphatic rings. The highest BCUT2D eigenvalue weighted by Gasteiger charge is 2.39. The standard InChI is InChI=1S/C16H24N2O2.ClH/c1-2-16(9-3-4-10-16)15(19)18-13-5-7-14(8-6-13)20-12-11-17;/h5-8H,2-4,9-12,17H2,1H3,(H,18,19);1H. The molecule has 1 fully saturated rings. The van der Waals surface area contributed by atoms with Crippen molar-refractivity contribution in [1.29, 1.82) is 0 Å². The number of halogens is 1. The van der Waals surface area contributed by atoms with Gasteiger partial charge in [-0.3, -0.25) is 4.79 Å². The number of ether oxygens (including phenoxy) is 1. The third kappa shape index (κ3) is 4.35. The van der Waals surface area contributed by atoms with Gasteiger partial charge >= 0.3 is 0 Å². The molecule has 1 aromatic rings. The number of hydrogen-bond acceptors (Lipinski definition) is 3. The van der Waals surface area contributed by atoms with Gasteiger partial charge in [0.05, 0.1) is 0 Å². The van der Waals surface area contributed by atoms with Crippen molar-refractivity contribution < 1.29 is 9.53 Å². The quantitative estimate of drug-likeness (QED) is 0.846. The predicted octanol–water partition coefficient (Wildman–Crippen LogP) is 3.35. The average Bonchev–Trinajstić information content (AvgIpc) is 2.97. The number of nitrogens with two attached hydrogens (primary N) is 1. The van der Waals surface area contributed by atoms with Crippen LogP contribution in [0.15, 0.2) is 24.3 Å². The third-order valence-corrected chi connectivity index (χ3v) is 4.22. The Morgan fingerprint density at radius 1 is 1.29 bits per heavy atom. The lowest BCUT2D eigenvalue weighted by atomic mass is 9.82. The van der Waals surface area contributed by atoms with E-state index in [-0.39, 0.29) is 23.7 Å². The van der Waals surface area contributed by atoms with Gasteiger partial charge < -0.3 is 15.8 Å². The molecule has 0 aromatic heterocycles. The number of anilines is 1. The monoisotopic (exact) mass is 312 g/mol. The van der Waals surface area contributed by atoms with Gasteiger partial charge in [-0.25, -0.2) is 0 Å². The fourth-order valence-electron chi connectivity index (χ4n) is 2.87. The van der Waals surface area contributed by atoms with Crippen LogP contribution in [0.2, 0.25) is 0 Å². The van der Waals surface area contributed by atoms with E-state index < -0.39 is 0 Å². The highest BCUT2D eigenvalue weighted by molar-refractivity contribution is 5.95. The Morgan fingerprint density at radius 3 is 2.43 bits per heavy atom. The molecular weight excluding hydrogens is 288 g/mol. The fourth-order valence-corrected chi connectivity index (χ4v) is 2.87. The second-order valence-corrected chi connectivity index (χ2v) is 5.46. The number of carbonyl (C=O) groups excluding carboxylic acids is 1. The van der Waals surface area contributed by atoms with Gasteiger partial charge in [-0.2, -0.15) is 0 Å². The minimum atomic E-state index is -0.158. The van der Waals surface area contributed by atoms with Crippen LogP contribution in [0.5, 0.6) is 5.75 Å². The maximum absolute atomic E-state index is 12.5. The first-order valence-corrected chi connectivity index (χ1v) is 7.44. The molecule has 5 heteroatoms. The molecule has 0 unspecified atom stereocenters. The molecule has 0 radical (unpaired) electrons. The molecule has 3 N–H and O–H groups in total. The van der Waals surface area contributed by atoms with E-state index >= 15 is 0 Å². The number of amides is 1. The van der Waals surface area contributed by atoms with Gasteiger partial charge in [-0.05, 0) is 43.5 Å². The first-order valence-electron chi connectivity index (χ1n) is 7.44. The van der Waals surface area contributed by atoms with Crippen molar-refractivity contribution in [2.45, 2.75) is 39.0 Å². The maximum atomic E-state index is 12.5. The van der Waals surface area contributed by atoms with Gasteiger partial charge in [-0.15, -0.1) is 12.4 Å². The van der Waals surface area contributed by atoms with Crippen molar-refractivity contribution in [3.8, 4) is 5.75 Å². The largest absolute Gasteiger partial charge is 0.492 e. The van der Waals surface area contributed by atoms with Crippen LogP contribution in [0.4, 0.5) is 5.69 Å². The Kier molecular flexibility index (Phi) is 6.99. The highest BCUT2D eigenvalue weighted by Crippen LogP contribution is 2.41. The van der Waals surface area contributed by atoms with E-state index in [2.05, 4.69) is 12.2 Å². The Bertz CT molecular complexity index is 442. The summed E-state index contributed by atoms with van der Waals surface area (Å²) in [5, 5.41) is 3.04. The van der Waals surface area contributed by atoms with E-state index in [4.69, 9.17) is 10.5 Å². The summed E-state index contributed by atoms with van der Waals surface area (Å²) in [6, 6.07) is 7.47. The summed E-state index contributed by atoms with van der Waals surface area (Å²) >= 11 is 0. The van der Waals surface area contributed by atoms with E-state index in [1.807, 2.05) is 24.3 Å². The van der Waals surface area contributed by atoms with Crippen molar-refractivity contribution in [3.63, 3.8) is 0 Å². The van der Waals surface area contributed by atoms with Crippen LogP contribution in [0, 0.1) is 5.41 Å². The molecule has 1 aromatic carbocycles. The lowest BCUT2D eigenvalue weighted by Crippen LogP contribution is -2.33. The molecule has 0 atom stereocenters. The van der Waals surface area contributed by atoms with E-state index in [1.54, 1.807) is 0 Å². The van der Waals surface area contributed by atoms with Gasteiger partial charge in [0, 0.05) is 17.6 Å². The number of hydrogen-bond donors (Lipinski definition) is 2. The van der Waals surface area contributed by atoms with Crippen molar-refractivity contribution in [2.75, 3.05) is 18.5 Å². The van der Waals surface area contributed by atoms with E-state index in [0.29, 0.717) is 13.2 Å². The number of benzene rings is 1. The Hall–Kier alpha value is -1.26. The molecule has 118 valence electrons. The lowest BCUT2D eigenvalue weighted by molar-refractivity contribution is -0.125. The van der Waals surface area contributed by atoms with Crippen molar-refractivity contribution in [2.24, 2.45) is 11.1 Å². The topological polar surface area (TPSA) is 64.3 Å². The molecule has 0 heterocycles.